The zero-order chi connectivity index (χ0) is 28.1. The maximum absolute atomic E-state index is 13.3. The molecule has 1 fully saturated rings. The molecule has 0 spiro atoms. The summed E-state index contributed by atoms with van der Waals surface area (Å²) >= 11 is 0. The van der Waals surface area contributed by atoms with Gasteiger partial charge in [0.05, 0.1) is 37.0 Å². The van der Waals surface area contributed by atoms with Crippen LogP contribution in [-0.4, -0.2) is 107 Å². The lowest BCUT2D eigenvalue weighted by Crippen LogP contribution is -2.63. The number of amidine groups is 1. The van der Waals surface area contributed by atoms with Crippen molar-refractivity contribution in [2.45, 2.75) is 84.3 Å². The molecule has 1 aliphatic heterocycles. The normalized spacial score (nSPS) is 18.3. The van der Waals surface area contributed by atoms with E-state index in [1.807, 2.05) is 11.8 Å². The van der Waals surface area contributed by atoms with E-state index in [0.717, 1.165) is 19.3 Å². The molecule has 0 aromatic rings. The van der Waals surface area contributed by atoms with Crippen LogP contribution in [0.5, 0.6) is 0 Å². The number of aliphatic carboxylic acids is 1. The molecule has 12 nitrogen and oxygen atoms in total. The molecule has 1 rings (SSSR count). The van der Waals surface area contributed by atoms with Crippen molar-refractivity contribution in [1.82, 2.24) is 20.4 Å². The Kier molecular flexibility index (Phi) is 13.7. The molecule has 1 heterocycles. The van der Waals surface area contributed by atoms with Crippen LogP contribution in [0.4, 0.5) is 0 Å². The van der Waals surface area contributed by atoms with Crippen LogP contribution in [-0.2, 0) is 19.2 Å². The summed E-state index contributed by atoms with van der Waals surface area (Å²) in [6, 6.07) is -2.32. The Balaban J connectivity index is 3.05. The molecule has 0 aromatic carbocycles. The molecule has 3 atom stereocenters. The fourth-order valence-corrected chi connectivity index (χ4v) is 3.97. The number of carbonyl (C=O) groups excluding carboxylic acids is 3. The number of carboxylic acid groups (broad SMARTS) is 1. The Bertz CT molecular complexity index is 889. The van der Waals surface area contributed by atoms with Crippen molar-refractivity contribution in [3.05, 3.63) is 0 Å². The van der Waals surface area contributed by atoms with Crippen molar-refractivity contribution in [3.63, 3.8) is 0 Å². The number of rotatable bonds is 17. The number of carbonyl (C=O) groups is 4. The van der Waals surface area contributed by atoms with Gasteiger partial charge in [0.15, 0.2) is 11.6 Å². The highest BCUT2D eigenvalue weighted by Crippen LogP contribution is 2.14. The third-order valence-electron chi connectivity index (χ3n) is 6.28. The van der Waals surface area contributed by atoms with Crippen molar-refractivity contribution in [2.75, 3.05) is 33.2 Å². The topological polar surface area (TPSA) is 179 Å². The van der Waals surface area contributed by atoms with E-state index >= 15 is 0 Å². The van der Waals surface area contributed by atoms with Crippen molar-refractivity contribution < 1.29 is 24.3 Å². The molecule has 3 unspecified atom stereocenters. The van der Waals surface area contributed by atoms with Gasteiger partial charge in [-0.15, -0.1) is 0 Å². The number of hydrogen-bond acceptors (Lipinski definition) is 8. The highest BCUT2D eigenvalue weighted by molar-refractivity contribution is 6.42. The van der Waals surface area contributed by atoms with Crippen LogP contribution < -0.4 is 10.6 Å². The lowest BCUT2D eigenvalue weighted by molar-refractivity contribution is -0.142. The van der Waals surface area contributed by atoms with Crippen LogP contribution >= 0.6 is 0 Å². The lowest BCUT2D eigenvalue weighted by atomic mass is 10.0. The number of hydrogen-bond donors (Lipinski definition) is 5. The second-order valence-electron chi connectivity index (χ2n) is 9.47. The van der Waals surface area contributed by atoms with Gasteiger partial charge in [0.2, 0.25) is 5.91 Å². The number of Topliss-reactive ketones (excluding diaryl/α,β-unsaturated/α-hetero) is 1. The first-order valence-corrected chi connectivity index (χ1v) is 12.9. The first-order chi connectivity index (χ1) is 17.4. The molecule has 1 aliphatic rings. The van der Waals surface area contributed by atoms with Crippen LogP contribution in [0, 0.1) is 10.8 Å². The number of aliphatic imine (C=N–C) groups is 1. The highest BCUT2D eigenvalue weighted by Gasteiger charge is 2.38. The number of likely N-dealkylation sites (N-methyl/N-ethyl adjacent to an activating group) is 1. The Labute approximate surface area is 219 Å². The molecular formula is C25H43N7O5. The molecule has 208 valence electrons. The summed E-state index contributed by atoms with van der Waals surface area (Å²) in [4.78, 5) is 58.2. The fraction of sp³-hybridized carbons (Fsp3) is 0.720. The lowest BCUT2D eigenvalue weighted by Gasteiger charge is -2.38. The summed E-state index contributed by atoms with van der Waals surface area (Å²) in [5, 5.41) is 30.3. The number of unbranched alkanes of at least 4 members (excludes halogenated alkanes) is 2. The Morgan fingerprint density at radius 2 is 1.92 bits per heavy atom. The van der Waals surface area contributed by atoms with Crippen LogP contribution in [0.1, 0.15) is 66.2 Å². The van der Waals surface area contributed by atoms with Crippen LogP contribution in [0.25, 0.3) is 0 Å². The van der Waals surface area contributed by atoms with E-state index in [2.05, 4.69) is 22.5 Å². The van der Waals surface area contributed by atoms with Crippen molar-refractivity contribution in [3.8, 4) is 0 Å². The van der Waals surface area contributed by atoms with E-state index in [1.54, 1.807) is 14.0 Å². The van der Waals surface area contributed by atoms with Crippen LogP contribution in [0.3, 0.4) is 0 Å². The number of nitrogens with zero attached hydrogens (tertiary/aromatic N) is 3. The summed E-state index contributed by atoms with van der Waals surface area (Å²) < 4.78 is 0. The number of amides is 2. The minimum atomic E-state index is -1.21. The number of nitrogens with one attached hydrogen (secondary N) is 4. The molecular weight excluding hydrogens is 478 g/mol. The number of carboxylic acids is 1. The number of piperazine rings is 1. The maximum Gasteiger partial charge on any atom is 0.305 e. The average Bonchev–Trinajstić information content (AvgIpc) is 2.83. The molecule has 0 bridgehead atoms. The summed E-state index contributed by atoms with van der Waals surface area (Å²) in [5.41, 5.74) is 0.0270. The van der Waals surface area contributed by atoms with Crippen LogP contribution in [0.2, 0.25) is 0 Å². The van der Waals surface area contributed by atoms with Crippen LogP contribution in [0.15, 0.2) is 4.99 Å². The van der Waals surface area contributed by atoms with Crippen molar-refractivity contribution in [2.24, 2.45) is 4.99 Å². The van der Waals surface area contributed by atoms with E-state index in [9.17, 15) is 24.3 Å². The summed E-state index contributed by atoms with van der Waals surface area (Å²) in [5.74, 6) is -2.70. The minimum absolute atomic E-state index is 0.0123. The van der Waals surface area contributed by atoms with E-state index < -0.39 is 42.1 Å². The molecule has 37 heavy (non-hydrogen) atoms. The average molecular weight is 522 g/mol. The van der Waals surface area contributed by atoms with Crippen molar-refractivity contribution in [1.29, 1.82) is 10.8 Å². The Morgan fingerprint density at radius 3 is 2.46 bits per heavy atom. The van der Waals surface area contributed by atoms with Gasteiger partial charge in [-0.05, 0) is 39.8 Å². The van der Waals surface area contributed by atoms with E-state index in [4.69, 9.17) is 10.8 Å². The standard InChI is InChI=1S/C25H43N7O5/c1-6-9-10-11-31(5)15-21(33)19(12-22(34)35)30-24(36)20(8-3)32-14-17(7-2)29-23(25(32)37)28-13-18(27)16(4)26/h17,19-20,26-27H,6-15H2,1-5H3,(H,28,29)(H,30,36)(H,34,35). The maximum atomic E-state index is 13.3. The molecule has 2 amide bonds. The Hall–Kier alpha value is -3.15. The van der Waals surface area contributed by atoms with Gasteiger partial charge >= 0.3 is 5.97 Å². The van der Waals surface area contributed by atoms with Gasteiger partial charge in [0, 0.05) is 12.6 Å². The van der Waals surface area contributed by atoms with Gasteiger partial charge in [-0.2, -0.15) is 0 Å². The predicted octanol–water partition coefficient (Wildman–Crippen LogP) is 1.08. The molecule has 0 saturated carbocycles. The van der Waals surface area contributed by atoms with Gasteiger partial charge in [-0.25, -0.2) is 0 Å². The largest absolute Gasteiger partial charge is 0.481 e. The summed E-state index contributed by atoms with van der Waals surface area (Å²) in [6.07, 6.45) is 3.33. The molecule has 12 heteroatoms. The fourth-order valence-electron chi connectivity index (χ4n) is 3.97. The highest BCUT2D eigenvalue weighted by atomic mass is 16.4. The zero-order valence-electron chi connectivity index (χ0n) is 22.7. The van der Waals surface area contributed by atoms with Crippen molar-refractivity contribution >= 4 is 40.8 Å². The van der Waals surface area contributed by atoms with E-state index in [1.165, 1.54) is 11.8 Å². The molecule has 1 saturated heterocycles. The van der Waals surface area contributed by atoms with Gasteiger partial charge in [-0.3, -0.25) is 29.1 Å². The van der Waals surface area contributed by atoms with Gasteiger partial charge in [0.1, 0.15) is 6.04 Å². The monoisotopic (exact) mass is 521 g/mol. The third-order valence-corrected chi connectivity index (χ3v) is 6.28. The number of ketones is 1. The molecule has 0 aromatic heterocycles. The van der Waals surface area contributed by atoms with Gasteiger partial charge in [-0.1, -0.05) is 33.6 Å². The Morgan fingerprint density at radius 1 is 1.24 bits per heavy atom. The summed E-state index contributed by atoms with van der Waals surface area (Å²) in [6.45, 7) is 8.00. The second kappa shape index (κ2) is 15.9. The zero-order valence-corrected chi connectivity index (χ0v) is 22.7. The van der Waals surface area contributed by atoms with Gasteiger partial charge in [0.25, 0.3) is 5.91 Å². The summed E-state index contributed by atoms with van der Waals surface area (Å²) in [7, 11) is 1.78. The minimum Gasteiger partial charge on any atom is -0.481 e. The SMILES string of the molecule is CCCCCN(C)CC(=O)C(CC(=O)O)NC(=O)C(CC)N1CC(CC)NC(=NCC(=N)C(C)=N)C1=O. The first kappa shape index (κ1) is 31.9. The van der Waals surface area contributed by atoms with E-state index in [-0.39, 0.29) is 49.4 Å². The van der Waals surface area contributed by atoms with Gasteiger partial charge < -0.3 is 31.5 Å². The molecule has 5 N–H and O–H groups in total. The quantitative estimate of drug-likeness (QED) is 0.140. The second-order valence-corrected chi connectivity index (χ2v) is 9.47. The third kappa shape index (κ3) is 10.4. The van der Waals surface area contributed by atoms with E-state index in [0.29, 0.717) is 13.0 Å². The first-order valence-electron chi connectivity index (χ1n) is 12.9. The predicted molar refractivity (Wildman–Crippen MR) is 143 cm³/mol. The molecule has 0 aliphatic carbocycles. The molecule has 0 radical (unpaired) electrons. The smallest absolute Gasteiger partial charge is 0.305 e.